The molecule has 4 heteroatoms. The Labute approximate surface area is 99.9 Å². The first-order valence-corrected chi connectivity index (χ1v) is 5.75. The number of imidazole rings is 1. The Morgan fingerprint density at radius 1 is 1.35 bits per heavy atom. The summed E-state index contributed by atoms with van der Waals surface area (Å²) >= 11 is 0. The van der Waals surface area contributed by atoms with Crippen molar-refractivity contribution in [2.45, 2.75) is 19.3 Å². The first kappa shape index (κ1) is 11.8. The second-order valence-electron chi connectivity index (χ2n) is 4.03. The van der Waals surface area contributed by atoms with E-state index >= 15 is 0 Å². The predicted molar refractivity (Wildman–Crippen MR) is 66.1 cm³/mol. The summed E-state index contributed by atoms with van der Waals surface area (Å²) in [7, 11) is 0. The van der Waals surface area contributed by atoms with E-state index < -0.39 is 0 Å². The molecular weight excluding hydrogens is 217 g/mol. The fraction of sp³-hybridized carbons (Fsp3) is 0.308. The van der Waals surface area contributed by atoms with Crippen LogP contribution in [-0.4, -0.2) is 16.5 Å². The molecule has 0 bridgehead atoms. The molecule has 0 aliphatic rings. The van der Waals surface area contributed by atoms with Gasteiger partial charge in [-0.15, -0.1) is 0 Å². The number of halogens is 1. The lowest BCUT2D eigenvalue weighted by Gasteiger charge is -2.07. The molecule has 0 aliphatic heterocycles. The van der Waals surface area contributed by atoms with Gasteiger partial charge < -0.3 is 10.7 Å². The summed E-state index contributed by atoms with van der Waals surface area (Å²) < 4.78 is 12.8. The Hall–Kier alpha value is -1.68. The van der Waals surface area contributed by atoms with Crippen LogP contribution >= 0.6 is 0 Å². The number of aromatic nitrogens is 2. The van der Waals surface area contributed by atoms with E-state index in [-0.39, 0.29) is 11.7 Å². The number of H-pyrrole nitrogens is 1. The molecule has 0 aliphatic carbocycles. The van der Waals surface area contributed by atoms with Crippen molar-refractivity contribution in [3.05, 3.63) is 42.1 Å². The van der Waals surface area contributed by atoms with Gasteiger partial charge in [0.15, 0.2) is 0 Å². The van der Waals surface area contributed by atoms with Crippen molar-refractivity contribution in [1.82, 2.24) is 9.97 Å². The van der Waals surface area contributed by atoms with Crippen LogP contribution < -0.4 is 5.73 Å². The molecule has 1 aromatic heterocycles. The van der Waals surface area contributed by atoms with Gasteiger partial charge in [-0.05, 0) is 36.2 Å². The van der Waals surface area contributed by atoms with Crippen molar-refractivity contribution in [2.75, 3.05) is 6.54 Å². The molecule has 17 heavy (non-hydrogen) atoms. The molecule has 2 aromatic rings. The van der Waals surface area contributed by atoms with Gasteiger partial charge in [-0.3, -0.25) is 0 Å². The fourth-order valence-electron chi connectivity index (χ4n) is 1.79. The zero-order valence-electron chi connectivity index (χ0n) is 9.78. The van der Waals surface area contributed by atoms with E-state index in [2.05, 4.69) is 16.9 Å². The normalized spacial score (nSPS) is 12.6. The zero-order chi connectivity index (χ0) is 12.3. The largest absolute Gasteiger partial charge is 0.342 e. The topological polar surface area (TPSA) is 54.7 Å². The Bertz CT molecular complexity index is 472. The van der Waals surface area contributed by atoms with Crippen molar-refractivity contribution in [3.63, 3.8) is 0 Å². The minimum absolute atomic E-state index is 0.234. The SMILES string of the molecule is CCC(CN)c1ncc(-c2ccc(F)cc2)[nH]1. The highest BCUT2D eigenvalue weighted by Crippen LogP contribution is 2.21. The highest BCUT2D eigenvalue weighted by Gasteiger charge is 2.11. The third kappa shape index (κ3) is 2.53. The Morgan fingerprint density at radius 2 is 2.06 bits per heavy atom. The highest BCUT2D eigenvalue weighted by molar-refractivity contribution is 5.58. The van der Waals surface area contributed by atoms with E-state index in [1.165, 1.54) is 12.1 Å². The van der Waals surface area contributed by atoms with Crippen LogP contribution in [0.25, 0.3) is 11.3 Å². The van der Waals surface area contributed by atoms with Gasteiger partial charge in [-0.1, -0.05) is 6.92 Å². The van der Waals surface area contributed by atoms with E-state index in [1.54, 1.807) is 18.3 Å². The summed E-state index contributed by atoms with van der Waals surface area (Å²) in [6.07, 6.45) is 2.72. The number of benzene rings is 1. The predicted octanol–water partition coefficient (Wildman–Crippen LogP) is 2.67. The number of hydrogen-bond donors (Lipinski definition) is 2. The smallest absolute Gasteiger partial charge is 0.123 e. The minimum Gasteiger partial charge on any atom is -0.342 e. The number of nitrogens with zero attached hydrogens (tertiary/aromatic N) is 1. The van der Waals surface area contributed by atoms with Gasteiger partial charge in [0.1, 0.15) is 11.6 Å². The Kier molecular flexibility index (Phi) is 3.54. The molecule has 0 radical (unpaired) electrons. The van der Waals surface area contributed by atoms with Crippen molar-refractivity contribution < 1.29 is 4.39 Å². The lowest BCUT2D eigenvalue weighted by Crippen LogP contribution is -2.12. The number of aromatic amines is 1. The van der Waals surface area contributed by atoms with Crippen LogP contribution in [0.3, 0.4) is 0 Å². The molecule has 0 spiro atoms. The Morgan fingerprint density at radius 3 is 2.65 bits per heavy atom. The number of rotatable bonds is 4. The third-order valence-electron chi connectivity index (χ3n) is 2.91. The van der Waals surface area contributed by atoms with Crippen molar-refractivity contribution in [3.8, 4) is 11.3 Å². The first-order chi connectivity index (χ1) is 8.24. The van der Waals surface area contributed by atoms with Crippen LogP contribution in [0, 0.1) is 5.82 Å². The number of hydrogen-bond acceptors (Lipinski definition) is 2. The van der Waals surface area contributed by atoms with Crippen LogP contribution in [0.2, 0.25) is 0 Å². The maximum atomic E-state index is 12.8. The second kappa shape index (κ2) is 5.10. The van der Waals surface area contributed by atoms with Gasteiger partial charge >= 0.3 is 0 Å². The van der Waals surface area contributed by atoms with Crippen LogP contribution in [0.4, 0.5) is 4.39 Å². The van der Waals surface area contributed by atoms with Gasteiger partial charge in [0.05, 0.1) is 11.9 Å². The van der Waals surface area contributed by atoms with Crippen LogP contribution in [0.5, 0.6) is 0 Å². The molecule has 1 aromatic carbocycles. The molecule has 1 heterocycles. The van der Waals surface area contributed by atoms with Crippen molar-refractivity contribution in [2.24, 2.45) is 5.73 Å². The van der Waals surface area contributed by atoms with E-state index in [0.717, 1.165) is 23.5 Å². The zero-order valence-corrected chi connectivity index (χ0v) is 9.78. The van der Waals surface area contributed by atoms with Crippen molar-refractivity contribution >= 4 is 0 Å². The van der Waals surface area contributed by atoms with Gasteiger partial charge in [-0.2, -0.15) is 0 Å². The van der Waals surface area contributed by atoms with Gasteiger partial charge in [0.25, 0.3) is 0 Å². The summed E-state index contributed by atoms with van der Waals surface area (Å²) in [5, 5.41) is 0. The van der Waals surface area contributed by atoms with Gasteiger partial charge in [0, 0.05) is 12.5 Å². The molecule has 3 nitrogen and oxygen atoms in total. The van der Waals surface area contributed by atoms with Crippen molar-refractivity contribution in [1.29, 1.82) is 0 Å². The summed E-state index contributed by atoms with van der Waals surface area (Å²) in [6.45, 7) is 2.66. The molecule has 0 saturated heterocycles. The van der Waals surface area contributed by atoms with Crippen LogP contribution in [-0.2, 0) is 0 Å². The quantitative estimate of drug-likeness (QED) is 0.853. The van der Waals surface area contributed by atoms with E-state index in [0.29, 0.717) is 6.54 Å². The average Bonchev–Trinajstić information content (AvgIpc) is 2.81. The van der Waals surface area contributed by atoms with E-state index in [4.69, 9.17) is 5.73 Å². The van der Waals surface area contributed by atoms with Gasteiger partial charge in [-0.25, -0.2) is 9.37 Å². The summed E-state index contributed by atoms with van der Waals surface area (Å²) in [6, 6.07) is 6.35. The standard InChI is InChI=1S/C13H16FN3/c1-2-9(7-15)13-16-8-12(17-13)10-3-5-11(14)6-4-10/h3-6,8-9H,2,7,15H2,1H3,(H,16,17). The molecule has 1 atom stereocenters. The minimum atomic E-state index is -0.234. The van der Waals surface area contributed by atoms with Gasteiger partial charge in [0.2, 0.25) is 0 Å². The van der Waals surface area contributed by atoms with E-state index in [1.807, 2.05) is 0 Å². The van der Waals surface area contributed by atoms with E-state index in [9.17, 15) is 4.39 Å². The molecule has 90 valence electrons. The number of nitrogens with two attached hydrogens (primary N) is 1. The molecule has 3 N–H and O–H groups in total. The average molecular weight is 233 g/mol. The highest BCUT2D eigenvalue weighted by atomic mass is 19.1. The lowest BCUT2D eigenvalue weighted by atomic mass is 10.1. The van der Waals surface area contributed by atoms with Crippen LogP contribution in [0.15, 0.2) is 30.5 Å². The molecule has 0 saturated carbocycles. The monoisotopic (exact) mass is 233 g/mol. The summed E-state index contributed by atoms with van der Waals surface area (Å²) in [5.41, 5.74) is 7.50. The lowest BCUT2D eigenvalue weighted by molar-refractivity contribution is 0.628. The first-order valence-electron chi connectivity index (χ1n) is 5.75. The maximum Gasteiger partial charge on any atom is 0.123 e. The third-order valence-corrected chi connectivity index (χ3v) is 2.91. The molecule has 0 fully saturated rings. The molecular formula is C13H16FN3. The fourth-order valence-corrected chi connectivity index (χ4v) is 1.79. The summed E-state index contributed by atoms with van der Waals surface area (Å²) in [5.74, 6) is 0.917. The maximum absolute atomic E-state index is 12.8. The molecule has 2 rings (SSSR count). The van der Waals surface area contributed by atoms with Crippen LogP contribution in [0.1, 0.15) is 25.1 Å². The molecule has 0 amide bonds. The number of nitrogens with one attached hydrogen (secondary N) is 1. The second-order valence-corrected chi connectivity index (χ2v) is 4.03. The Balaban J connectivity index is 2.26. The molecule has 1 unspecified atom stereocenters. The summed E-state index contributed by atoms with van der Waals surface area (Å²) in [4.78, 5) is 7.56.